The molecule has 1 N–H and O–H groups in total. The van der Waals surface area contributed by atoms with Crippen molar-refractivity contribution < 1.29 is 27.3 Å². The Hall–Kier alpha value is -0.299. The molecule has 6 nitrogen and oxygen atoms in total. The van der Waals surface area contributed by atoms with Crippen LogP contribution >= 0.6 is 0 Å². The minimum Gasteiger partial charge on any atom is -0.454 e. The number of esters is 1. The van der Waals surface area contributed by atoms with Gasteiger partial charge in [0.1, 0.15) is 6.10 Å². The fraction of sp³-hybridized carbons (Fsp3) is 0.824. The second-order valence-corrected chi connectivity index (χ2v) is 20.7. The summed E-state index contributed by atoms with van der Waals surface area (Å²) in [6.45, 7) is 21.3. The summed E-state index contributed by atoms with van der Waals surface area (Å²) in [5.41, 5.74) is 0.287. The van der Waals surface area contributed by atoms with Crippen LogP contribution in [-0.2, 0) is 22.2 Å². The molecule has 26 heavy (non-hydrogen) atoms. The standard InChI is InChI=1S/C17H38O6Si3/c1-11-12-15(16(13-18)20-17(19)14(2)3)21-26(10,22-24(4,5)6)23-25(7,8)9/h15-16,18H,2,11-13H2,1,3-10H3. The molecule has 0 aromatic heterocycles. The average Bonchev–Trinajstić information content (AvgIpc) is 2.39. The zero-order chi connectivity index (χ0) is 20.8. The van der Waals surface area contributed by atoms with Crippen LogP contribution in [-0.4, -0.2) is 55.3 Å². The van der Waals surface area contributed by atoms with E-state index in [0.29, 0.717) is 6.42 Å². The number of carbonyl (C=O) groups excluding carboxylic acids is 1. The summed E-state index contributed by atoms with van der Waals surface area (Å²) < 4.78 is 24.5. The first-order chi connectivity index (χ1) is 11.6. The van der Waals surface area contributed by atoms with Gasteiger partial charge < -0.3 is 22.5 Å². The highest BCUT2D eigenvalue weighted by Gasteiger charge is 2.46. The molecule has 0 rings (SSSR count). The third-order valence-electron chi connectivity index (χ3n) is 3.12. The van der Waals surface area contributed by atoms with Gasteiger partial charge in [-0.25, -0.2) is 4.79 Å². The topological polar surface area (TPSA) is 74.2 Å². The maximum absolute atomic E-state index is 11.9. The van der Waals surface area contributed by atoms with Crippen molar-refractivity contribution in [3.8, 4) is 0 Å². The van der Waals surface area contributed by atoms with E-state index in [2.05, 4.69) is 45.9 Å². The molecule has 0 fully saturated rings. The number of hydrogen-bond acceptors (Lipinski definition) is 6. The third-order valence-corrected chi connectivity index (χ3v) is 11.7. The first-order valence-electron chi connectivity index (χ1n) is 9.18. The number of aliphatic hydroxyl groups is 1. The number of rotatable bonds is 12. The largest absolute Gasteiger partial charge is 0.477 e. The fourth-order valence-corrected chi connectivity index (χ4v) is 13.2. The lowest BCUT2D eigenvalue weighted by atomic mass is 10.1. The Balaban J connectivity index is 5.56. The van der Waals surface area contributed by atoms with Gasteiger partial charge in [-0.3, -0.25) is 0 Å². The van der Waals surface area contributed by atoms with Crippen LogP contribution in [0.4, 0.5) is 0 Å². The third kappa shape index (κ3) is 10.8. The summed E-state index contributed by atoms with van der Waals surface area (Å²) in [5, 5.41) is 9.78. The zero-order valence-electron chi connectivity index (χ0n) is 18.0. The predicted molar refractivity (Wildman–Crippen MR) is 112 cm³/mol. The van der Waals surface area contributed by atoms with Gasteiger partial charge in [0.25, 0.3) is 0 Å². The number of aliphatic hydroxyl groups excluding tert-OH is 1. The van der Waals surface area contributed by atoms with Gasteiger partial charge in [-0.15, -0.1) is 0 Å². The van der Waals surface area contributed by atoms with Gasteiger partial charge in [0, 0.05) is 12.1 Å². The van der Waals surface area contributed by atoms with E-state index in [0.717, 1.165) is 6.42 Å². The van der Waals surface area contributed by atoms with Gasteiger partial charge >= 0.3 is 14.8 Å². The quantitative estimate of drug-likeness (QED) is 0.292. The molecule has 0 spiro atoms. The number of hydrogen-bond donors (Lipinski definition) is 1. The van der Waals surface area contributed by atoms with Crippen LogP contribution in [0, 0.1) is 0 Å². The van der Waals surface area contributed by atoms with E-state index in [1.165, 1.54) is 0 Å². The van der Waals surface area contributed by atoms with Gasteiger partial charge in [0.2, 0.25) is 0 Å². The molecule has 0 aliphatic rings. The van der Waals surface area contributed by atoms with Crippen LogP contribution in [0.15, 0.2) is 12.2 Å². The molecule has 9 heteroatoms. The summed E-state index contributed by atoms with van der Waals surface area (Å²) in [7, 11) is -6.83. The molecule has 0 saturated heterocycles. The minimum absolute atomic E-state index is 0.287. The van der Waals surface area contributed by atoms with Gasteiger partial charge in [0.15, 0.2) is 16.6 Å². The first-order valence-corrected chi connectivity index (χ1v) is 18.2. The van der Waals surface area contributed by atoms with Crippen LogP contribution in [0.1, 0.15) is 26.7 Å². The van der Waals surface area contributed by atoms with E-state index in [4.69, 9.17) is 17.4 Å². The molecule has 0 saturated carbocycles. The molecule has 154 valence electrons. The molecule has 0 heterocycles. The molecule has 2 unspecified atom stereocenters. The molecule has 0 aromatic rings. The average molecular weight is 423 g/mol. The van der Waals surface area contributed by atoms with Crippen LogP contribution in [0.2, 0.25) is 45.8 Å². The molecule has 0 amide bonds. The van der Waals surface area contributed by atoms with Crippen molar-refractivity contribution in [1.29, 1.82) is 0 Å². The minimum atomic E-state index is -2.98. The highest BCUT2D eigenvalue weighted by atomic mass is 28.5. The van der Waals surface area contributed by atoms with E-state index in [1.807, 2.05) is 13.5 Å². The van der Waals surface area contributed by atoms with E-state index in [9.17, 15) is 9.90 Å². The Kier molecular flexibility index (Phi) is 10.2. The van der Waals surface area contributed by atoms with Crippen LogP contribution in [0.3, 0.4) is 0 Å². The molecule has 0 bridgehead atoms. The highest BCUT2D eigenvalue weighted by molar-refractivity contribution is 6.85. The van der Waals surface area contributed by atoms with E-state index in [-0.39, 0.29) is 12.2 Å². The summed E-state index contributed by atoms with van der Waals surface area (Å²) in [6.07, 6.45) is 0.177. The molecule has 0 aliphatic heterocycles. The monoisotopic (exact) mass is 422 g/mol. The van der Waals surface area contributed by atoms with Crippen molar-refractivity contribution >= 4 is 31.4 Å². The lowest BCUT2D eigenvalue weighted by Gasteiger charge is -2.40. The van der Waals surface area contributed by atoms with Crippen LogP contribution < -0.4 is 0 Å². The van der Waals surface area contributed by atoms with Crippen molar-refractivity contribution in [2.24, 2.45) is 0 Å². The molecular formula is C17H38O6Si3. The smallest absolute Gasteiger partial charge is 0.454 e. The van der Waals surface area contributed by atoms with Crippen LogP contribution in [0.5, 0.6) is 0 Å². The normalized spacial score (nSPS) is 15.5. The summed E-state index contributed by atoms with van der Waals surface area (Å²) in [6, 6.07) is 0. The summed E-state index contributed by atoms with van der Waals surface area (Å²) in [5.74, 6) is -0.533. The van der Waals surface area contributed by atoms with E-state index >= 15 is 0 Å². The molecule has 0 aliphatic carbocycles. The van der Waals surface area contributed by atoms with Crippen molar-refractivity contribution in [2.45, 2.75) is 84.7 Å². The van der Waals surface area contributed by atoms with Crippen molar-refractivity contribution in [2.75, 3.05) is 6.61 Å². The molecule has 0 aromatic carbocycles. The Morgan fingerprint density at radius 2 is 1.46 bits per heavy atom. The second kappa shape index (κ2) is 10.3. The van der Waals surface area contributed by atoms with Crippen molar-refractivity contribution in [3.05, 3.63) is 12.2 Å². The maximum Gasteiger partial charge on any atom is 0.477 e. The number of ether oxygens (including phenoxy) is 1. The zero-order valence-corrected chi connectivity index (χ0v) is 21.0. The van der Waals surface area contributed by atoms with Crippen molar-refractivity contribution in [3.63, 3.8) is 0 Å². The first kappa shape index (κ1) is 25.7. The predicted octanol–water partition coefficient (Wildman–Crippen LogP) is 3.92. The van der Waals surface area contributed by atoms with Gasteiger partial charge in [0.05, 0.1) is 12.7 Å². The Labute approximate surface area is 162 Å². The molecular weight excluding hydrogens is 384 g/mol. The van der Waals surface area contributed by atoms with Gasteiger partial charge in [-0.1, -0.05) is 19.9 Å². The Morgan fingerprint density at radius 1 is 1.00 bits per heavy atom. The molecule has 2 atom stereocenters. The lowest BCUT2D eigenvalue weighted by molar-refractivity contribution is -0.153. The van der Waals surface area contributed by atoms with Crippen LogP contribution in [0.25, 0.3) is 0 Å². The van der Waals surface area contributed by atoms with Gasteiger partial charge in [-0.05, 0) is 52.6 Å². The van der Waals surface area contributed by atoms with E-state index < -0.39 is 43.6 Å². The number of carbonyl (C=O) groups is 1. The Morgan fingerprint density at radius 3 is 1.77 bits per heavy atom. The lowest BCUT2D eigenvalue weighted by Crippen LogP contribution is -2.58. The second-order valence-electron chi connectivity index (χ2n) is 8.64. The Bertz CT molecular complexity index is 454. The van der Waals surface area contributed by atoms with Crippen molar-refractivity contribution in [1.82, 2.24) is 0 Å². The fourth-order valence-electron chi connectivity index (χ4n) is 2.53. The van der Waals surface area contributed by atoms with Gasteiger partial charge in [-0.2, -0.15) is 0 Å². The summed E-state index contributed by atoms with van der Waals surface area (Å²) >= 11 is 0. The molecule has 0 radical (unpaired) electrons. The summed E-state index contributed by atoms with van der Waals surface area (Å²) in [4.78, 5) is 11.9. The van der Waals surface area contributed by atoms with E-state index in [1.54, 1.807) is 6.92 Å². The highest BCUT2D eigenvalue weighted by Crippen LogP contribution is 2.26. The maximum atomic E-state index is 11.9. The SMILES string of the molecule is C=C(C)C(=O)OC(CO)C(CCC)O[Si](C)(O[Si](C)(C)C)O[Si](C)(C)C.